The maximum absolute atomic E-state index is 11.8. The second kappa shape index (κ2) is 3.43. The monoisotopic (exact) mass is 226 g/mol. The van der Waals surface area contributed by atoms with E-state index in [1.807, 2.05) is 20.8 Å². The van der Waals surface area contributed by atoms with Gasteiger partial charge in [0.2, 0.25) is 0 Å². The minimum atomic E-state index is -0.458. The highest BCUT2D eigenvalue weighted by Crippen LogP contribution is 2.57. The first kappa shape index (κ1) is 11.4. The third-order valence-electron chi connectivity index (χ3n) is 3.34. The topological polar surface area (TPSA) is 59.0 Å². The van der Waals surface area contributed by atoms with Crippen molar-refractivity contribution in [3.05, 3.63) is 4.91 Å². The van der Waals surface area contributed by atoms with Crippen molar-refractivity contribution in [2.24, 2.45) is 16.5 Å². The number of nitroso groups, excluding NO2 is 1. The van der Waals surface area contributed by atoms with E-state index in [0.717, 1.165) is 6.42 Å². The molecule has 5 nitrogen and oxygen atoms in total. The highest BCUT2D eigenvalue weighted by molar-refractivity contribution is 5.69. The molecule has 0 aromatic rings. The second-order valence-corrected chi connectivity index (χ2v) is 5.91. The summed E-state index contributed by atoms with van der Waals surface area (Å²) in [6, 6.07) is 0. The average Bonchev–Trinajstić information content (AvgIpc) is 2.65. The molecule has 2 aliphatic rings. The zero-order valence-electron chi connectivity index (χ0n) is 10.0. The summed E-state index contributed by atoms with van der Waals surface area (Å²) in [7, 11) is 0. The molecule has 1 saturated carbocycles. The van der Waals surface area contributed by atoms with Crippen LogP contribution in [0.4, 0.5) is 4.79 Å². The smallest absolute Gasteiger partial charge is 0.410 e. The number of likely N-dealkylation sites (tertiary alicyclic amines) is 1. The fourth-order valence-corrected chi connectivity index (χ4v) is 2.43. The number of nitrogens with zero attached hydrogens (tertiary/aromatic N) is 2. The number of ether oxygens (including phenoxy) is 1. The summed E-state index contributed by atoms with van der Waals surface area (Å²) < 4.78 is 5.29. The minimum absolute atomic E-state index is 0.0152. The van der Waals surface area contributed by atoms with E-state index in [0.29, 0.717) is 25.6 Å². The lowest BCUT2D eigenvalue weighted by Crippen LogP contribution is -2.37. The molecule has 5 heteroatoms. The van der Waals surface area contributed by atoms with Gasteiger partial charge in [-0.2, -0.15) is 4.91 Å². The standard InChI is InChI=1S/C11H18N2O3/c1-10(2,3)16-9(14)13-5-8-4-11(8,7-13)6-12-15/h8H,4-7H2,1-3H3. The van der Waals surface area contributed by atoms with Crippen LogP contribution in [0.1, 0.15) is 27.2 Å². The average molecular weight is 226 g/mol. The lowest BCUT2D eigenvalue weighted by molar-refractivity contribution is 0.0263. The van der Waals surface area contributed by atoms with Gasteiger partial charge in [-0.15, -0.1) is 0 Å². The predicted molar refractivity (Wildman–Crippen MR) is 59.0 cm³/mol. The Labute approximate surface area is 95.1 Å². The summed E-state index contributed by atoms with van der Waals surface area (Å²) in [6.07, 6.45) is 0.753. The van der Waals surface area contributed by atoms with Crippen LogP contribution in [0.25, 0.3) is 0 Å². The molecule has 0 bridgehead atoms. The van der Waals surface area contributed by atoms with E-state index in [1.165, 1.54) is 0 Å². The predicted octanol–water partition coefficient (Wildman–Crippen LogP) is 2.01. The van der Waals surface area contributed by atoms with Crippen LogP contribution in [0.3, 0.4) is 0 Å². The molecule has 2 atom stereocenters. The first-order valence-electron chi connectivity index (χ1n) is 5.63. The lowest BCUT2D eigenvalue weighted by Gasteiger charge is -2.25. The summed E-state index contributed by atoms with van der Waals surface area (Å²) in [5.74, 6) is 0.456. The molecule has 0 radical (unpaired) electrons. The summed E-state index contributed by atoms with van der Waals surface area (Å²) in [6.45, 7) is 7.22. The van der Waals surface area contributed by atoms with E-state index in [2.05, 4.69) is 5.18 Å². The second-order valence-electron chi connectivity index (χ2n) is 5.91. The van der Waals surface area contributed by atoms with E-state index in [9.17, 15) is 9.70 Å². The Bertz CT molecular complexity index is 324. The van der Waals surface area contributed by atoms with Gasteiger partial charge in [0.1, 0.15) is 5.60 Å². The van der Waals surface area contributed by atoms with Gasteiger partial charge < -0.3 is 9.64 Å². The molecule has 1 aliphatic heterocycles. The molecular formula is C11H18N2O3. The normalized spacial score (nSPS) is 32.2. The number of fused-ring (bicyclic) bond motifs is 1. The number of carbonyl (C=O) groups excluding carboxylic acids is 1. The van der Waals surface area contributed by atoms with Gasteiger partial charge in [0.15, 0.2) is 0 Å². The Hall–Kier alpha value is -1.13. The SMILES string of the molecule is CC(C)(C)OC(=O)N1CC2CC2(CN=O)C1. The number of carbonyl (C=O) groups is 1. The molecular weight excluding hydrogens is 208 g/mol. The van der Waals surface area contributed by atoms with Crippen LogP contribution in [0, 0.1) is 16.2 Å². The first-order valence-corrected chi connectivity index (χ1v) is 5.63. The number of piperidine rings is 1. The molecule has 2 rings (SSSR count). The van der Waals surface area contributed by atoms with Crippen LogP contribution in [0.15, 0.2) is 5.18 Å². The van der Waals surface area contributed by atoms with Crippen molar-refractivity contribution in [3.8, 4) is 0 Å². The van der Waals surface area contributed by atoms with Crippen LogP contribution < -0.4 is 0 Å². The number of hydrogen-bond donors (Lipinski definition) is 0. The number of amides is 1. The van der Waals surface area contributed by atoms with Crippen molar-refractivity contribution in [3.63, 3.8) is 0 Å². The van der Waals surface area contributed by atoms with Gasteiger partial charge in [-0.3, -0.25) is 0 Å². The Morgan fingerprint density at radius 2 is 2.25 bits per heavy atom. The zero-order chi connectivity index (χ0) is 12.0. The van der Waals surface area contributed by atoms with Gasteiger partial charge in [-0.25, -0.2) is 4.79 Å². The molecule has 1 heterocycles. The molecule has 1 saturated heterocycles. The summed E-state index contributed by atoms with van der Waals surface area (Å²) >= 11 is 0. The molecule has 0 aromatic carbocycles. The quantitative estimate of drug-likeness (QED) is 0.677. The minimum Gasteiger partial charge on any atom is -0.444 e. The van der Waals surface area contributed by atoms with E-state index in [-0.39, 0.29) is 11.5 Å². The molecule has 90 valence electrons. The van der Waals surface area contributed by atoms with Crippen LogP contribution >= 0.6 is 0 Å². The van der Waals surface area contributed by atoms with E-state index < -0.39 is 5.60 Å². The summed E-state index contributed by atoms with van der Waals surface area (Å²) in [4.78, 5) is 23.8. The van der Waals surface area contributed by atoms with Crippen molar-refractivity contribution >= 4 is 6.09 Å². The van der Waals surface area contributed by atoms with Crippen LogP contribution in [-0.2, 0) is 4.74 Å². The molecule has 1 amide bonds. The van der Waals surface area contributed by atoms with Crippen molar-refractivity contribution < 1.29 is 9.53 Å². The molecule has 16 heavy (non-hydrogen) atoms. The fraction of sp³-hybridized carbons (Fsp3) is 0.909. The summed E-state index contributed by atoms with van der Waals surface area (Å²) in [5, 5.41) is 2.97. The van der Waals surface area contributed by atoms with E-state index in [4.69, 9.17) is 4.74 Å². The Balaban J connectivity index is 1.90. The lowest BCUT2D eigenvalue weighted by atomic mass is 10.1. The van der Waals surface area contributed by atoms with Gasteiger partial charge in [0, 0.05) is 18.5 Å². The van der Waals surface area contributed by atoms with Crippen LogP contribution in [-0.4, -0.2) is 36.2 Å². The molecule has 2 fully saturated rings. The van der Waals surface area contributed by atoms with Gasteiger partial charge in [-0.05, 0) is 33.1 Å². The molecule has 1 aliphatic carbocycles. The molecule has 0 aromatic heterocycles. The van der Waals surface area contributed by atoms with Gasteiger partial charge in [0.25, 0.3) is 0 Å². The van der Waals surface area contributed by atoms with Crippen molar-refractivity contribution in [1.29, 1.82) is 0 Å². The molecule has 0 N–H and O–H groups in total. The van der Waals surface area contributed by atoms with Crippen LogP contribution in [0.2, 0.25) is 0 Å². The zero-order valence-corrected chi connectivity index (χ0v) is 10.0. The highest BCUT2D eigenvalue weighted by Gasteiger charge is 2.61. The number of hydrogen-bond acceptors (Lipinski definition) is 4. The van der Waals surface area contributed by atoms with Crippen molar-refractivity contribution in [2.45, 2.75) is 32.8 Å². The summed E-state index contributed by atoms with van der Waals surface area (Å²) in [5.41, 5.74) is -0.474. The van der Waals surface area contributed by atoms with E-state index in [1.54, 1.807) is 4.90 Å². The first-order chi connectivity index (χ1) is 7.36. The highest BCUT2D eigenvalue weighted by atomic mass is 16.6. The molecule has 2 unspecified atom stereocenters. The van der Waals surface area contributed by atoms with Gasteiger partial charge in [-0.1, -0.05) is 5.18 Å². The fourth-order valence-electron chi connectivity index (χ4n) is 2.43. The third kappa shape index (κ3) is 2.03. The number of rotatable bonds is 2. The maximum Gasteiger partial charge on any atom is 0.410 e. The Morgan fingerprint density at radius 3 is 2.81 bits per heavy atom. The molecule has 0 spiro atoms. The maximum atomic E-state index is 11.8. The van der Waals surface area contributed by atoms with Gasteiger partial charge >= 0.3 is 6.09 Å². The van der Waals surface area contributed by atoms with Gasteiger partial charge in [0.05, 0.1) is 6.54 Å². The van der Waals surface area contributed by atoms with Crippen molar-refractivity contribution in [2.75, 3.05) is 19.6 Å². The Morgan fingerprint density at radius 1 is 1.56 bits per heavy atom. The van der Waals surface area contributed by atoms with Crippen LogP contribution in [0.5, 0.6) is 0 Å². The Kier molecular flexibility index (Phi) is 2.44. The van der Waals surface area contributed by atoms with Crippen molar-refractivity contribution in [1.82, 2.24) is 4.90 Å². The largest absolute Gasteiger partial charge is 0.444 e. The van der Waals surface area contributed by atoms with E-state index >= 15 is 0 Å². The third-order valence-corrected chi connectivity index (χ3v) is 3.34.